The molecule has 1 heterocycles. The number of carbonyl (C=O) groups is 1. The molecule has 0 spiro atoms. The van der Waals surface area contributed by atoms with Gasteiger partial charge in [-0.1, -0.05) is 43.0 Å². The third kappa shape index (κ3) is 5.66. The highest BCUT2D eigenvalue weighted by Crippen LogP contribution is 2.30. The number of fused-ring (bicyclic) bond motifs is 1. The van der Waals surface area contributed by atoms with Crippen LogP contribution in [0.1, 0.15) is 35.3 Å². The Hall–Kier alpha value is -3.04. The van der Waals surface area contributed by atoms with Gasteiger partial charge in [-0.25, -0.2) is 8.42 Å². The lowest BCUT2D eigenvalue weighted by molar-refractivity contribution is 0.0978. The minimum atomic E-state index is -3.35. The molecule has 33 heavy (non-hydrogen) atoms. The smallest absolute Gasteiger partial charge is 0.257 e. The molecule has 1 aliphatic rings. The van der Waals surface area contributed by atoms with Crippen LogP contribution in [0.5, 0.6) is 5.75 Å². The van der Waals surface area contributed by atoms with Gasteiger partial charge in [-0.2, -0.15) is 0 Å². The van der Waals surface area contributed by atoms with Crippen LogP contribution < -0.4 is 14.8 Å². The van der Waals surface area contributed by atoms with E-state index in [4.69, 9.17) is 4.74 Å². The third-order valence-corrected chi connectivity index (χ3v) is 7.68. The number of sulfonamides is 1. The van der Waals surface area contributed by atoms with Crippen molar-refractivity contribution in [2.24, 2.45) is 4.99 Å². The number of nitrogens with one attached hydrogen (secondary N) is 2. The number of ether oxygens (including phenoxy) is 1. The first-order valence-electron chi connectivity index (χ1n) is 10.6. The van der Waals surface area contributed by atoms with Gasteiger partial charge in [0.15, 0.2) is 5.17 Å². The Morgan fingerprint density at radius 2 is 1.82 bits per heavy atom. The zero-order valence-corrected chi connectivity index (χ0v) is 20.0. The number of methoxy groups -OCH3 is 1. The Bertz CT molecular complexity index is 1310. The van der Waals surface area contributed by atoms with Gasteiger partial charge in [0.25, 0.3) is 5.91 Å². The van der Waals surface area contributed by atoms with E-state index in [0.29, 0.717) is 22.8 Å². The van der Waals surface area contributed by atoms with E-state index >= 15 is 0 Å². The summed E-state index contributed by atoms with van der Waals surface area (Å²) in [4.78, 5) is 17.4. The number of carbonyl (C=O) groups excluding carboxylic acids is 1. The van der Waals surface area contributed by atoms with Crippen LogP contribution >= 0.6 is 11.8 Å². The number of hydrogen-bond donors (Lipinski definition) is 2. The number of aliphatic imine (C=N–C) groups is 1. The summed E-state index contributed by atoms with van der Waals surface area (Å²) in [6, 6.07) is 18.4. The second kappa shape index (κ2) is 9.84. The van der Waals surface area contributed by atoms with Gasteiger partial charge >= 0.3 is 0 Å². The normalized spacial score (nSPS) is 15.8. The van der Waals surface area contributed by atoms with Gasteiger partial charge in [-0.3, -0.25) is 14.5 Å². The van der Waals surface area contributed by atoms with Crippen molar-refractivity contribution in [1.29, 1.82) is 0 Å². The van der Waals surface area contributed by atoms with Gasteiger partial charge in [0.05, 0.1) is 18.9 Å². The Labute approximate surface area is 197 Å². The van der Waals surface area contributed by atoms with E-state index in [9.17, 15) is 13.2 Å². The number of amides is 1. The molecule has 0 radical (unpaired) electrons. The molecule has 0 aliphatic carbocycles. The van der Waals surface area contributed by atoms with Crippen molar-refractivity contribution in [2.75, 3.05) is 23.3 Å². The highest BCUT2D eigenvalue weighted by molar-refractivity contribution is 8.14. The van der Waals surface area contributed by atoms with Crippen molar-refractivity contribution in [3.63, 3.8) is 0 Å². The van der Waals surface area contributed by atoms with Gasteiger partial charge in [0, 0.05) is 17.0 Å². The topological polar surface area (TPSA) is 96.9 Å². The number of rotatable bonds is 7. The highest BCUT2D eigenvalue weighted by Gasteiger charge is 2.22. The quantitative estimate of drug-likeness (QED) is 0.513. The average molecular weight is 484 g/mol. The predicted octanol–water partition coefficient (Wildman–Crippen LogP) is 4.57. The van der Waals surface area contributed by atoms with Crippen LogP contribution in [0.3, 0.4) is 0 Å². The van der Waals surface area contributed by atoms with Crippen molar-refractivity contribution < 1.29 is 17.9 Å². The lowest BCUT2D eigenvalue weighted by Gasteiger charge is -2.09. The van der Waals surface area contributed by atoms with Gasteiger partial charge in [-0.05, 0) is 59.2 Å². The standard InChI is InChI=1S/C24H25N3O4S2/c1-3-12-33(29,30)27-20-9-6-17-13-19(5-4-18(17)14-20)23(28)26-24-25-22(15-32-24)16-7-10-21(31-2)11-8-16/h4-11,13-14,22,27H,3,12,15H2,1-2H3,(H,25,26,28). The molecule has 7 nitrogen and oxygen atoms in total. The van der Waals surface area contributed by atoms with Gasteiger partial charge < -0.3 is 10.1 Å². The molecule has 0 saturated carbocycles. The molecule has 1 atom stereocenters. The summed E-state index contributed by atoms with van der Waals surface area (Å²) in [6.07, 6.45) is 0.547. The minimum absolute atomic E-state index is 0.0114. The SMILES string of the molecule is CCCS(=O)(=O)Nc1ccc2cc(C(=O)NC3=NC(c4ccc(OC)cc4)CS3)ccc2c1. The van der Waals surface area contributed by atoms with E-state index in [-0.39, 0.29) is 17.7 Å². The van der Waals surface area contributed by atoms with Crippen LogP contribution in [0.2, 0.25) is 0 Å². The molecule has 1 unspecified atom stereocenters. The van der Waals surface area contributed by atoms with E-state index < -0.39 is 10.0 Å². The molecular formula is C24H25N3O4S2. The first kappa shape index (κ1) is 23.1. The summed E-state index contributed by atoms with van der Waals surface area (Å²) in [7, 11) is -1.72. The summed E-state index contributed by atoms with van der Waals surface area (Å²) < 4.78 is 31.8. The highest BCUT2D eigenvalue weighted by atomic mass is 32.2. The van der Waals surface area contributed by atoms with Crippen molar-refractivity contribution >= 4 is 49.3 Å². The van der Waals surface area contributed by atoms with E-state index in [1.54, 1.807) is 37.4 Å². The molecule has 0 saturated heterocycles. The monoisotopic (exact) mass is 483 g/mol. The molecule has 0 fully saturated rings. The van der Waals surface area contributed by atoms with Crippen molar-refractivity contribution in [3.05, 3.63) is 71.8 Å². The lowest BCUT2D eigenvalue weighted by Crippen LogP contribution is -2.27. The van der Waals surface area contributed by atoms with Crippen LogP contribution in [0.4, 0.5) is 5.69 Å². The molecule has 9 heteroatoms. The minimum Gasteiger partial charge on any atom is -0.497 e. The molecular weight excluding hydrogens is 458 g/mol. The van der Waals surface area contributed by atoms with Gasteiger partial charge in [-0.15, -0.1) is 0 Å². The number of amidine groups is 1. The largest absolute Gasteiger partial charge is 0.497 e. The number of thioether (sulfide) groups is 1. The second-order valence-electron chi connectivity index (χ2n) is 7.69. The molecule has 3 aromatic carbocycles. The maximum atomic E-state index is 12.8. The third-order valence-electron chi connectivity index (χ3n) is 5.22. The van der Waals surface area contributed by atoms with Crippen LogP contribution in [0, 0.1) is 0 Å². The van der Waals surface area contributed by atoms with E-state index in [0.717, 1.165) is 27.8 Å². The first-order chi connectivity index (χ1) is 15.9. The molecule has 0 aromatic heterocycles. The van der Waals surface area contributed by atoms with Crippen LogP contribution in [-0.4, -0.2) is 38.1 Å². The van der Waals surface area contributed by atoms with Crippen molar-refractivity contribution in [1.82, 2.24) is 5.32 Å². The summed E-state index contributed by atoms with van der Waals surface area (Å²) >= 11 is 1.51. The second-order valence-corrected chi connectivity index (χ2v) is 10.5. The number of nitrogens with zero attached hydrogens (tertiary/aromatic N) is 1. The summed E-state index contributed by atoms with van der Waals surface area (Å²) in [5, 5.41) is 5.18. The molecule has 172 valence electrons. The number of anilines is 1. The summed E-state index contributed by atoms with van der Waals surface area (Å²) in [5.41, 5.74) is 2.09. The van der Waals surface area contributed by atoms with Crippen LogP contribution in [0.25, 0.3) is 10.8 Å². The van der Waals surface area contributed by atoms with Crippen LogP contribution in [-0.2, 0) is 10.0 Å². The van der Waals surface area contributed by atoms with Gasteiger partial charge in [0.1, 0.15) is 5.75 Å². The van der Waals surface area contributed by atoms with Crippen LogP contribution in [0.15, 0.2) is 65.7 Å². The zero-order valence-electron chi connectivity index (χ0n) is 18.4. The Balaban J connectivity index is 1.45. The molecule has 1 amide bonds. The molecule has 0 bridgehead atoms. The molecule has 2 N–H and O–H groups in total. The fourth-order valence-corrected chi connectivity index (χ4v) is 5.63. The number of benzene rings is 3. The Morgan fingerprint density at radius 1 is 1.09 bits per heavy atom. The zero-order chi connectivity index (χ0) is 23.4. The number of hydrogen-bond acceptors (Lipinski definition) is 6. The predicted molar refractivity (Wildman–Crippen MR) is 135 cm³/mol. The van der Waals surface area contributed by atoms with E-state index in [1.807, 2.05) is 37.3 Å². The van der Waals surface area contributed by atoms with Crippen molar-refractivity contribution in [3.8, 4) is 5.75 Å². The Kier molecular flexibility index (Phi) is 6.90. The molecule has 4 rings (SSSR count). The average Bonchev–Trinajstić information content (AvgIpc) is 3.26. The molecule has 3 aromatic rings. The van der Waals surface area contributed by atoms with Crippen molar-refractivity contribution in [2.45, 2.75) is 19.4 Å². The summed E-state index contributed by atoms with van der Waals surface area (Å²) in [6.45, 7) is 1.82. The van der Waals surface area contributed by atoms with E-state index in [2.05, 4.69) is 15.0 Å². The molecule has 1 aliphatic heterocycles. The Morgan fingerprint density at radius 3 is 2.55 bits per heavy atom. The lowest BCUT2D eigenvalue weighted by atomic mass is 10.1. The summed E-state index contributed by atoms with van der Waals surface area (Å²) in [5.74, 6) is 1.40. The van der Waals surface area contributed by atoms with E-state index in [1.165, 1.54) is 11.8 Å². The van der Waals surface area contributed by atoms with Gasteiger partial charge in [0.2, 0.25) is 10.0 Å². The fraction of sp³-hybridized carbons (Fsp3) is 0.250. The maximum Gasteiger partial charge on any atom is 0.257 e. The fourth-order valence-electron chi connectivity index (χ4n) is 3.56. The first-order valence-corrected chi connectivity index (χ1v) is 13.2. The maximum absolute atomic E-state index is 12.8.